The minimum absolute atomic E-state index is 0. The van der Waals surface area contributed by atoms with Gasteiger partial charge in [0, 0.05) is 38.1 Å². The molecular weight excluding hydrogens is 481 g/mol. The summed E-state index contributed by atoms with van der Waals surface area (Å²) in [4.78, 5) is 18.8. The molecule has 1 saturated heterocycles. The number of ether oxygens (including phenoxy) is 1. The quantitative estimate of drug-likeness (QED) is 0.267. The molecule has 1 fully saturated rings. The Bertz CT molecular complexity index is 656. The summed E-state index contributed by atoms with van der Waals surface area (Å²) in [5.74, 6) is 1.72. The number of anilines is 1. The van der Waals surface area contributed by atoms with Gasteiger partial charge in [-0.05, 0) is 38.8 Å². The van der Waals surface area contributed by atoms with Gasteiger partial charge in [0.1, 0.15) is 5.75 Å². The SMILES string of the molecule is CCNC(=NCCC(=O)NC(C)CC)NC1CCN(c2ccccc2OC)C1.I. The number of carbonyl (C=O) groups excluding carboxylic acids is 1. The maximum Gasteiger partial charge on any atom is 0.222 e. The number of rotatable bonds is 9. The smallest absolute Gasteiger partial charge is 0.222 e. The van der Waals surface area contributed by atoms with Crippen LogP contribution in [0.4, 0.5) is 5.69 Å². The van der Waals surface area contributed by atoms with Gasteiger partial charge in [-0.2, -0.15) is 0 Å². The Morgan fingerprint density at radius 1 is 1.34 bits per heavy atom. The van der Waals surface area contributed by atoms with Crippen LogP contribution in [-0.2, 0) is 4.79 Å². The van der Waals surface area contributed by atoms with Gasteiger partial charge < -0.3 is 25.6 Å². The Balaban J connectivity index is 0.00000420. The fourth-order valence-corrected chi connectivity index (χ4v) is 3.22. The summed E-state index contributed by atoms with van der Waals surface area (Å²) in [6.07, 6.45) is 2.36. The van der Waals surface area contributed by atoms with Crippen molar-refractivity contribution in [1.29, 1.82) is 0 Å². The van der Waals surface area contributed by atoms with E-state index >= 15 is 0 Å². The van der Waals surface area contributed by atoms with Gasteiger partial charge >= 0.3 is 0 Å². The first kappa shape index (κ1) is 25.3. The molecule has 1 aliphatic heterocycles. The number of carbonyl (C=O) groups is 1. The van der Waals surface area contributed by atoms with Gasteiger partial charge in [-0.15, -0.1) is 24.0 Å². The third-order valence-corrected chi connectivity index (χ3v) is 4.93. The van der Waals surface area contributed by atoms with Gasteiger partial charge in [0.2, 0.25) is 5.91 Å². The number of guanidine groups is 1. The molecule has 0 radical (unpaired) electrons. The van der Waals surface area contributed by atoms with Crippen LogP contribution in [0.15, 0.2) is 29.3 Å². The van der Waals surface area contributed by atoms with Gasteiger partial charge in [-0.25, -0.2) is 0 Å². The minimum Gasteiger partial charge on any atom is -0.495 e. The van der Waals surface area contributed by atoms with Crippen molar-refractivity contribution in [3.05, 3.63) is 24.3 Å². The molecule has 29 heavy (non-hydrogen) atoms. The number of nitrogens with zero attached hydrogens (tertiary/aromatic N) is 2. The molecule has 2 rings (SSSR count). The number of halogens is 1. The predicted molar refractivity (Wildman–Crippen MR) is 131 cm³/mol. The van der Waals surface area contributed by atoms with Crippen LogP contribution in [0.3, 0.4) is 0 Å². The molecule has 1 heterocycles. The second-order valence-electron chi connectivity index (χ2n) is 7.14. The summed E-state index contributed by atoms with van der Waals surface area (Å²) >= 11 is 0. The number of benzene rings is 1. The molecule has 1 amide bonds. The minimum atomic E-state index is 0. The Hall–Kier alpha value is -1.71. The number of nitrogens with one attached hydrogen (secondary N) is 3. The van der Waals surface area contributed by atoms with Crippen molar-refractivity contribution >= 4 is 41.5 Å². The van der Waals surface area contributed by atoms with E-state index in [-0.39, 0.29) is 35.9 Å². The third-order valence-electron chi connectivity index (χ3n) is 4.93. The lowest BCUT2D eigenvalue weighted by Gasteiger charge is -2.22. The number of aliphatic imine (C=N–C) groups is 1. The zero-order valence-electron chi connectivity index (χ0n) is 18.0. The van der Waals surface area contributed by atoms with Gasteiger partial charge in [0.15, 0.2) is 5.96 Å². The fourth-order valence-electron chi connectivity index (χ4n) is 3.22. The lowest BCUT2D eigenvalue weighted by atomic mass is 10.2. The van der Waals surface area contributed by atoms with Gasteiger partial charge in [-0.1, -0.05) is 19.1 Å². The summed E-state index contributed by atoms with van der Waals surface area (Å²) in [5.41, 5.74) is 1.12. The van der Waals surface area contributed by atoms with E-state index in [1.165, 1.54) is 0 Å². The summed E-state index contributed by atoms with van der Waals surface area (Å²) in [6, 6.07) is 8.62. The van der Waals surface area contributed by atoms with E-state index < -0.39 is 0 Å². The number of para-hydroxylation sites is 2. The van der Waals surface area contributed by atoms with Crippen molar-refractivity contribution in [2.45, 2.75) is 52.1 Å². The number of amides is 1. The Labute approximate surface area is 192 Å². The van der Waals surface area contributed by atoms with Crippen molar-refractivity contribution in [3.63, 3.8) is 0 Å². The first-order valence-corrected chi connectivity index (χ1v) is 10.3. The molecule has 3 N–H and O–H groups in total. The molecule has 164 valence electrons. The van der Waals surface area contributed by atoms with Crippen LogP contribution in [0, 0.1) is 0 Å². The van der Waals surface area contributed by atoms with E-state index in [1.807, 2.05) is 32.0 Å². The molecule has 1 aromatic rings. The molecule has 0 spiro atoms. The second kappa shape index (κ2) is 13.5. The maximum atomic E-state index is 11.9. The van der Waals surface area contributed by atoms with Gasteiger partial charge in [0.05, 0.1) is 19.3 Å². The zero-order chi connectivity index (χ0) is 20.4. The number of hydrogen-bond acceptors (Lipinski definition) is 4. The van der Waals surface area contributed by atoms with Gasteiger partial charge in [0.25, 0.3) is 0 Å². The van der Waals surface area contributed by atoms with Crippen molar-refractivity contribution in [2.75, 3.05) is 38.2 Å². The largest absolute Gasteiger partial charge is 0.495 e. The molecule has 0 bridgehead atoms. The lowest BCUT2D eigenvalue weighted by molar-refractivity contribution is -0.121. The topological polar surface area (TPSA) is 78.0 Å². The highest BCUT2D eigenvalue weighted by molar-refractivity contribution is 14.0. The van der Waals surface area contributed by atoms with Crippen molar-refractivity contribution in [1.82, 2.24) is 16.0 Å². The zero-order valence-corrected chi connectivity index (χ0v) is 20.4. The molecule has 0 saturated carbocycles. The second-order valence-corrected chi connectivity index (χ2v) is 7.14. The number of hydrogen-bond donors (Lipinski definition) is 3. The molecule has 8 heteroatoms. The first-order valence-electron chi connectivity index (χ1n) is 10.3. The van der Waals surface area contributed by atoms with Crippen LogP contribution in [-0.4, -0.2) is 57.2 Å². The predicted octanol–water partition coefficient (Wildman–Crippen LogP) is 2.75. The van der Waals surface area contributed by atoms with Crippen LogP contribution in [0.1, 0.15) is 40.0 Å². The van der Waals surface area contributed by atoms with E-state index in [9.17, 15) is 4.79 Å². The Morgan fingerprint density at radius 3 is 2.79 bits per heavy atom. The highest BCUT2D eigenvalue weighted by atomic mass is 127. The van der Waals surface area contributed by atoms with Crippen LogP contribution in [0.25, 0.3) is 0 Å². The first-order chi connectivity index (χ1) is 13.6. The van der Waals surface area contributed by atoms with Crippen LogP contribution >= 0.6 is 24.0 Å². The van der Waals surface area contributed by atoms with Crippen LogP contribution < -0.4 is 25.6 Å². The third kappa shape index (κ3) is 8.28. The highest BCUT2D eigenvalue weighted by Gasteiger charge is 2.25. The summed E-state index contributed by atoms with van der Waals surface area (Å²) < 4.78 is 5.49. The van der Waals surface area contributed by atoms with E-state index in [1.54, 1.807) is 7.11 Å². The van der Waals surface area contributed by atoms with Crippen molar-refractivity contribution in [3.8, 4) is 5.75 Å². The molecule has 1 aromatic carbocycles. The highest BCUT2D eigenvalue weighted by Crippen LogP contribution is 2.30. The van der Waals surface area contributed by atoms with E-state index in [0.29, 0.717) is 19.0 Å². The lowest BCUT2D eigenvalue weighted by Crippen LogP contribution is -2.44. The van der Waals surface area contributed by atoms with Crippen LogP contribution in [0.2, 0.25) is 0 Å². The van der Waals surface area contributed by atoms with E-state index in [4.69, 9.17) is 4.74 Å². The molecule has 0 aromatic heterocycles. The van der Waals surface area contributed by atoms with Crippen molar-refractivity contribution in [2.24, 2.45) is 4.99 Å². The molecule has 2 atom stereocenters. The molecule has 2 unspecified atom stereocenters. The molecule has 0 aliphatic carbocycles. The maximum absolute atomic E-state index is 11.9. The van der Waals surface area contributed by atoms with E-state index in [2.05, 4.69) is 38.8 Å². The summed E-state index contributed by atoms with van der Waals surface area (Å²) in [6.45, 7) is 9.23. The summed E-state index contributed by atoms with van der Waals surface area (Å²) in [5, 5.41) is 9.76. The molecule has 7 nitrogen and oxygen atoms in total. The van der Waals surface area contributed by atoms with Crippen molar-refractivity contribution < 1.29 is 9.53 Å². The average Bonchev–Trinajstić information content (AvgIpc) is 3.16. The average molecular weight is 517 g/mol. The van der Waals surface area contributed by atoms with Gasteiger partial charge in [-0.3, -0.25) is 9.79 Å². The molecule has 1 aliphatic rings. The number of methoxy groups -OCH3 is 1. The monoisotopic (exact) mass is 517 g/mol. The normalized spacial score (nSPS) is 17.3. The van der Waals surface area contributed by atoms with E-state index in [0.717, 1.165) is 49.9 Å². The Morgan fingerprint density at radius 2 is 2.10 bits per heavy atom. The summed E-state index contributed by atoms with van der Waals surface area (Å²) in [7, 11) is 1.71. The fraction of sp³-hybridized carbons (Fsp3) is 0.619. The molecular formula is C21H36IN5O2. The van der Waals surface area contributed by atoms with Crippen LogP contribution in [0.5, 0.6) is 5.75 Å². The Kier molecular flexibility index (Phi) is 11.8. The standard InChI is InChI=1S/C21H35N5O2.HI/c1-5-16(3)24-20(27)11-13-23-21(22-6-2)25-17-12-14-26(15-17)18-9-7-8-10-19(18)28-4;/h7-10,16-17H,5-6,11-15H2,1-4H3,(H,24,27)(H2,22,23,25);1H.